The maximum atomic E-state index is 13.1. The van der Waals surface area contributed by atoms with Gasteiger partial charge in [0.05, 0.1) is 18.0 Å². The van der Waals surface area contributed by atoms with Gasteiger partial charge < -0.3 is 10.1 Å². The van der Waals surface area contributed by atoms with Crippen molar-refractivity contribution in [2.75, 3.05) is 20.2 Å². The Morgan fingerprint density at radius 1 is 1.00 bits per heavy atom. The lowest BCUT2D eigenvalue weighted by molar-refractivity contribution is 0.0939. The summed E-state index contributed by atoms with van der Waals surface area (Å²) in [7, 11) is -1.95. The Morgan fingerprint density at radius 2 is 1.67 bits per heavy atom. The van der Waals surface area contributed by atoms with Gasteiger partial charge in [-0.25, -0.2) is 8.42 Å². The van der Waals surface area contributed by atoms with E-state index in [1.165, 1.54) is 6.07 Å². The molecule has 6 nitrogen and oxygen atoms in total. The van der Waals surface area contributed by atoms with Crippen molar-refractivity contribution in [1.29, 1.82) is 0 Å². The molecule has 1 aliphatic rings. The number of nitrogens with one attached hydrogen (secondary N) is 1. The van der Waals surface area contributed by atoms with E-state index in [9.17, 15) is 13.2 Å². The maximum Gasteiger partial charge on any atom is 0.251 e. The van der Waals surface area contributed by atoms with E-state index in [2.05, 4.69) is 25.2 Å². The van der Waals surface area contributed by atoms with Crippen LogP contribution in [0.25, 0.3) is 0 Å². The van der Waals surface area contributed by atoms with E-state index in [1.807, 2.05) is 19.9 Å². The van der Waals surface area contributed by atoms with Crippen LogP contribution in [0, 0.1) is 6.92 Å². The van der Waals surface area contributed by atoms with Crippen LogP contribution in [0.2, 0.25) is 0 Å². The smallest absolute Gasteiger partial charge is 0.251 e. The average Bonchev–Trinajstić information content (AvgIpc) is 3.08. The first-order chi connectivity index (χ1) is 15.6. The largest absolute Gasteiger partial charge is 0.496 e. The minimum Gasteiger partial charge on any atom is -0.496 e. The lowest BCUT2D eigenvalue weighted by Crippen LogP contribution is -2.32. The molecule has 180 valence electrons. The van der Waals surface area contributed by atoms with Gasteiger partial charge in [-0.2, -0.15) is 4.31 Å². The van der Waals surface area contributed by atoms with Gasteiger partial charge in [-0.05, 0) is 79.6 Å². The molecular weight excluding hydrogens is 436 g/mol. The number of rotatable bonds is 7. The van der Waals surface area contributed by atoms with Crippen molar-refractivity contribution < 1.29 is 17.9 Å². The first-order valence-corrected chi connectivity index (χ1v) is 13.2. The Bertz CT molecular complexity index is 1090. The molecule has 2 aromatic carbocycles. The highest BCUT2D eigenvalue weighted by Crippen LogP contribution is 2.32. The third kappa shape index (κ3) is 5.76. The molecule has 2 aromatic rings. The zero-order chi connectivity index (χ0) is 24.2. The van der Waals surface area contributed by atoms with Crippen LogP contribution in [0.15, 0.2) is 41.3 Å². The molecule has 7 heteroatoms. The fraction of sp³-hybridized carbons (Fsp3) is 0.500. The predicted molar refractivity (Wildman–Crippen MR) is 131 cm³/mol. The summed E-state index contributed by atoms with van der Waals surface area (Å²) in [6, 6.07) is 10.2. The minimum absolute atomic E-state index is 0.174. The van der Waals surface area contributed by atoms with Gasteiger partial charge in [-0.3, -0.25) is 4.79 Å². The van der Waals surface area contributed by atoms with Crippen molar-refractivity contribution >= 4 is 15.9 Å². The SMILES string of the molecule is COc1cc(C)c(C(C)NC(=O)c2cccc(S(=O)(=O)N3CCCCCC3)c2)cc1C(C)C. The zero-order valence-corrected chi connectivity index (χ0v) is 21.2. The Hall–Kier alpha value is -2.38. The molecule has 1 atom stereocenters. The van der Waals surface area contributed by atoms with Crippen molar-refractivity contribution in [3.05, 3.63) is 58.7 Å². The Kier molecular flexibility index (Phi) is 8.19. The first kappa shape index (κ1) is 25.2. The zero-order valence-electron chi connectivity index (χ0n) is 20.3. The number of carbonyl (C=O) groups excluding carboxylic acids is 1. The van der Waals surface area contributed by atoms with E-state index in [0.29, 0.717) is 18.7 Å². The molecule has 1 aliphatic heterocycles. The van der Waals surface area contributed by atoms with Gasteiger partial charge in [0, 0.05) is 18.7 Å². The highest BCUT2D eigenvalue weighted by molar-refractivity contribution is 7.89. The van der Waals surface area contributed by atoms with Gasteiger partial charge in [0.25, 0.3) is 5.91 Å². The quantitative estimate of drug-likeness (QED) is 0.602. The van der Waals surface area contributed by atoms with E-state index in [-0.39, 0.29) is 22.8 Å². The summed E-state index contributed by atoms with van der Waals surface area (Å²) in [4.78, 5) is 13.2. The lowest BCUT2D eigenvalue weighted by atomic mass is 9.93. The molecule has 3 rings (SSSR count). The Balaban J connectivity index is 1.82. The number of benzene rings is 2. The van der Waals surface area contributed by atoms with Crippen molar-refractivity contribution in [3.63, 3.8) is 0 Å². The second-order valence-electron chi connectivity index (χ2n) is 9.15. The normalized spacial score (nSPS) is 16.3. The lowest BCUT2D eigenvalue weighted by Gasteiger charge is -2.22. The van der Waals surface area contributed by atoms with E-state index in [0.717, 1.165) is 48.1 Å². The summed E-state index contributed by atoms with van der Waals surface area (Å²) in [6.07, 6.45) is 3.85. The van der Waals surface area contributed by atoms with Crippen LogP contribution in [-0.4, -0.2) is 38.8 Å². The van der Waals surface area contributed by atoms with Gasteiger partial charge in [0.2, 0.25) is 10.0 Å². The van der Waals surface area contributed by atoms with Crippen molar-refractivity contribution in [3.8, 4) is 5.75 Å². The Morgan fingerprint density at radius 3 is 2.27 bits per heavy atom. The summed E-state index contributed by atoms with van der Waals surface area (Å²) >= 11 is 0. The second kappa shape index (κ2) is 10.7. The molecule has 1 heterocycles. The van der Waals surface area contributed by atoms with Gasteiger partial charge in [-0.15, -0.1) is 0 Å². The fourth-order valence-corrected chi connectivity index (χ4v) is 5.96. The number of hydrogen-bond donors (Lipinski definition) is 1. The van der Waals surface area contributed by atoms with Gasteiger partial charge in [0.15, 0.2) is 0 Å². The molecule has 33 heavy (non-hydrogen) atoms. The number of sulfonamides is 1. The number of methoxy groups -OCH3 is 1. The number of carbonyl (C=O) groups is 1. The van der Waals surface area contributed by atoms with Crippen LogP contribution in [0.1, 0.15) is 85.5 Å². The van der Waals surface area contributed by atoms with Gasteiger partial charge >= 0.3 is 0 Å². The molecule has 0 radical (unpaired) electrons. The summed E-state index contributed by atoms with van der Waals surface area (Å²) in [5.41, 5.74) is 3.47. The third-order valence-electron chi connectivity index (χ3n) is 6.35. The average molecular weight is 473 g/mol. The van der Waals surface area contributed by atoms with Crippen LogP contribution in [0.4, 0.5) is 0 Å². The molecule has 0 bridgehead atoms. The number of aryl methyl sites for hydroxylation is 1. The predicted octanol–water partition coefficient (Wildman–Crippen LogP) is 5.18. The van der Waals surface area contributed by atoms with Gasteiger partial charge in [-0.1, -0.05) is 32.8 Å². The van der Waals surface area contributed by atoms with E-state index in [4.69, 9.17) is 4.74 Å². The number of ether oxygens (including phenoxy) is 1. The van der Waals surface area contributed by atoms with Crippen molar-refractivity contribution in [2.24, 2.45) is 0 Å². The monoisotopic (exact) mass is 472 g/mol. The third-order valence-corrected chi connectivity index (χ3v) is 8.25. The summed E-state index contributed by atoms with van der Waals surface area (Å²) in [5, 5.41) is 3.04. The van der Waals surface area contributed by atoms with E-state index >= 15 is 0 Å². The standard InChI is InChI=1S/C26H36N2O4S/c1-18(2)23-17-24(19(3)15-25(23)32-5)20(4)27-26(29)21-11-10-12-22(16-21)33(30,31)28-13-8-6-7-9-14-28/h10-12,15-18,20H,6-9,13-14H2,1-5H3,(H,27,29). The Labute approximate surface area is 198 Å². The highest BCUT2D eigenvalue weighted by atomic mass is 32.2. The topological polar surface area (TPSA) is 75.7 Å². The molecular formula is C26H36N2O4S. The van der Waals surface area contributed by atoms with Crippen LogP contribution in [0.5, 0.6) is 5.75 Å². The highest BCUT2D eigenvalue weighted by Gasteiger charge is 2.26. The molecule has 0 saturated carbocycles. The molecule has 1 fully saturated rings. The van der Waals surface area contributed by atoms with E-state index < -0.39 is 10.0 Å². The summed E-state index contributed by atoms with van der Waals surface area (Å²) < 4.78 is 33.4. The number of hydrogen-bond acceptors (Lipinski definition) is 4. The van der Waals surface area contributed by atoms with E-state index in [1.54, 1.807) is 29.6 Å². The van der Waals surface area contributed by atoms with Crippen LogP contribution < -0.4 is 10.1 Å². The molecule has 1 N–H and O–H groups in total. The molecule has 1 unspecified atom stereocenters. The second-order valence-corrected chi connectivity index (χ2v) is 11.1. The molecule has 1 amide bonds. The minimum atomic E-state index is -3.61. The van der Waals surface area contributed by atoms with Crippen molar-refractivity contribution in [2.45, 2.75) is 70.2 Å². The molecule has 0 aromatic heterocycles. The number of amides is 1. The molecule has 1 saturated heterocycles. The molecule has 0 aliphatic carbocycles. The first-order valence-electron chi connectivity index (χ1n) is 11.7. The van der Waals surface area contributed by atoms with Gasteiger partial charge in [0.1, 0.15) is 5.75 Å². The van der Waals surface area contributed by atoms with Crippen LogP contribution in [-0.2, 0) is 10.0 Å². The summed E-state index contributed by atoms with van der Waals surface area (Å²) in [5.74, 6) is 0.830. The summed E-state index contributed by atoms with van der Waals surface area (Å²) in [6.45, 7) is 9.22. The fourth-order valence-electron chi connectivity index (χ4n) is 4.40. The van der Waals surface area contributed by atoms with Crippen molar-refractivity contribution in [1.82, 2.24) is 9.62 Å². The van der Waals surface area contributed by atoms with Crippen LogP contribution in [0.3, 0.4) is 0 Å². The maximum absolute atomic E-state index is 13.1. The molecule has 0 spiro atoms. The van der Waals surface area contributed by atoms with Crippen LogP contribution >= 0.6 is 0 Å². The number of nitrogens with zero attached hydrogens (tertiary/aromatic N) is 1.